The number of hydrogen-bond acceptors (Lipinski definition) is 3. The Morgan fingerprint density at radius 2 is 2.15 bits per heavy atom. The molecule has 0 aromatic carbocycles. The molecular formula is C10H21N3. The van der Waals surface area contributed by atoms with Gasteiger partial charge >= 0.3 is 0 Å². The summed E-state index contributed by atoms with van der Waals surface area (Å²) in [5.74, 6) is 0.747. The summed E-state index contributed by atoms with van der Waals surface area (Å²) < 4.78 is 0. The van der Waals surface area contributed by atoms with E-state index in [0.29, 0.717) is 0 Å². The SMILES string of the molecule is CN1CCN2CCCC(CN)C2C1. The Labute approximate surface area is 80.9 Å². The molecule has 2 unspecified atom stereocenters. The van der Waals surface area contributed by atoms with Crippen molar-refractivity contribution in [3.8, 4) is 0 Å². The van der Waals surface area contributed by atoms with Crippen LogP contribution in [0.2, 0.25) is 0 Å². The summed E-state index contributed by atoms with van der Waals surface area (Å²) in [5.41, 5.74) is 5.81. The van der Waals surface area contributed by atoms with E-state index in [2.05, 4.69) is 16.8 Å². The smallest absolute Gasteiger partial charge is 0.0263 e. The van der Waals surface area contributed by atoms with Gasteiger partial charge in [-0.25, -0.2) is 0 Å². The molecule has 2 N–H and O–H groups in total. The molecule has 2 saturated heterocycles. The van der Waals surface area contributed by atoms with E-state index >= 15 is 0 Å². The molecule has 0 aromatic rings. The van der Waals surface area contributed by atoms with Gasteiger partial charge in [0, 0.05) is 25.7 Å². The van der Waals surface area contributed by atoms with Crippen LogP contribution in [0.4, 0.5) is 0 Å². The molecule has 3 nitrogen and oxygen atoms in total. The van der Waals surface area contributed by atoms with E-state index < -0.39 is 0 Å². The van der Waals surface area contributed by atoms with Crippen LogP contribution in [0.25, 0.3) is 0 Å². The lowest BCUT2D eigenvalue weighted by Gasteiger charge is -2.46. The summed E-state index contributed by atoms with van der Waals surface area (Å²) in [6.07, 6.45) is 2.69. The highest BCUT2D eigenvalue weighted by molar-refractivity contribution is 4.89. The quantitative estimate of drug-likeness (QED) is 0.620. The number of hydrogen-bond donors (Lipinski definition) is 1. The van der Waals surface area contributed by atoms with Crippen molar-refractivity contribution in [1.29, 1.82) is 0 Å². The minimum atomic E-state index is 0.747. The Bertz CT molecular complexity index is 166. The molecule has 0 saturated carbocycles. The van der Waals surface area contributed by atoms with Crippen LogP contribution in [0, 0.1) is 5.92 Å². The van der Waals surface area contributed by atoms with E-state index in [1.807, 2.05) is 0 Å². The van der Waals surface area contributed by atoms with Gasteiger partial charge in [-0.2, -0.15) is 0 Å². The number of likely N-dealkylation sites (N-methyl/N-ethyl adjacent to an activating group) is 1. The number of nitrogens with zero attached hydrogens (tertiary/aromatic N) is 2. The van der Waals surface area contributed by atoms with Gasteiger partial charge in [0.15, 0.2) is 0 Å². The van der Waals surface area contributed by atoms with Crippen molar-refractivity contribution >= 4 is 0 Å². The van der Waals surface area contributed by atoms with Crippen molar-refractivity contribution < 1.29 is 0 Å². The molecule has 13 heavy (non-hydrogen) atoms. The van der Waals surface area contributed by atoms with Crippen LogP contribution < -0.4 is 5.73 Å². The predicted octanol–water partition coefficient (Wildman–Crippen LogP) is -0.0289. The minimum Gasteiger partial charge on any atom is -0.330 e. The molecule has 0 amide bonds. The molecule has 0 aliphatic carbocycles. The first kappa shape index (κ1) is 9.44. The van der Waals surface area contributed by atoms with E-state index in [-0.39, 0.29) is 0 Å². The van der Waals surface area contributed by atoms with E-state index in [1.165, 1.54) is 39.0 Å². The first-order valence-electron chi connectivity index (χ1n) is 5.44. The average molecular weight is 183 g/mol. The van der Waals surface area contributed by atoms with E-state index in [9.17, 15) is 0 Å². The Kier molecular flexibility index (Phi) is 2.86. The summed E-state index contributed by atoms with van der Waals surface area (Å²) in [7, 11) is 2.22. The lowest BCUT2D eigenvalue weighted by Crippen LogP contribution is -2.58. The molecule has 0 aromatic heterocycles. The van der Waals surface area contributed by atoms with Crippen molar-refractivity contribution in [2.24, 2.45) is 11.7 Å². The van der Waals surface area contributed by atoms with Crippen LogP contribution in [-0.4, -0.2) is 55.6 Å². The van der Waals surface area contributed by atoms with Gasteiger partial charge in [-0.1, -0.05) is 0 Å². The molecule has 2 heterocycles. The summed E-state index contributed by atoms with van der Waals surface area (Å²) in [4.78, 5) is 5.08. The average Bonchev–Trinajstić information content (AvgIpc) is 2.17. The molecule has 76 valence electrons. The predicted molar refractivity (Wildman–Crippen MR) is 54.6 cm³/mol. The van der Waals surface area contributed by atoms with E-state index in [4.69, 9.17) is 5.73 Å². The van der Waals surface area contributed by atoms with Crippen molar-refractivity contribution in [1.82, 2.24) is 9.80 Å². The van der Waals surface area contributed by atoms with Crippen molar-refractivity contribution in [2.45, 2.75) is 18.9 Å². The normalized spacial score (nSPS) is 37.4. The highest BCUT2D eigenvalue weighted by atomic mass is 15.3. The van der Waals surface area contributed by atoms with E-state index in [1.54, 1.807) is 0 Å². The zero-order valence-corrected chi connectivity index (χ0v) is 8.58. The second kappa shape index (κ2) is 3.95. The summed E-state index contributed by atoms with van der Waals surface area (Å²) in [6.45, 7) is 5.87. The van der Waals surface area contributed by atoms with Crippen molar-refractivity contribution in [3.05, 3.63) is 0 Å². The zero-order valence-electron chi connectivity index (χ0n) is 8.58. The summed E-state index contributed by atoms with van der Waals surface area (Å²) >= 11 is 0. The van der Waals surface area contributed by atoms with Gasteiger partial charge in [-0.3, -0.25) is 4.90 Å². The highest BCUT2D eigenvalue weighted by Crippen LogP contribution is 2.25. The van der Waals surface area contributed by atoms with Gasteiger partial charge in [0.1, 0.15) is 0 Å². The van der Waals surface area contributed by atoms with Crippen molar-refractivity contribution in [3.63, 3.8) is 0 Å². The molecule has 0 spiro atoms. The number of fused-ring (bicyclic) bond motifs is 1. The Hall–Kier alpha value is -0.120. The standard InChI is InChI=1S/C10H21N3/c1-12-5-6-13-4-2-3-9(7-11)10(13)8-12/h9-10H,2-8,11H2,1H3. The van der Waals surface area contributed by atoms with Crippen LogP contribution in [0.3, 0.4) is 0 Å². The van der Waals surface area contributed by atoms with E-state index in [0.717, 1.165) is 18.5 Å². The molecule has 2 fully saturated rings. The lowest BCUT2D eigenvalue weighted by atomic mass is 9.87. The van der Waals surface area contributed by atoms with Crippen LogP contribution in [-0.2, 0) is 0 Å². The van der Waals surface area contributed by atoms with Gasteiger partial charge in [0.2, 0.25) is 0 Å². The molecule has 2 aliphatic heterocycles. The third-order valence-corrected chi connectivity index (χ3v) is 3.60. The topological polar surface area (TPSA) is 32.5 Å². The zero-order chi connectivity index (χ0) is 9.26. The first-order valence-corrected chi connectivity index (χ1v) is 5.44. The number of piperazine rings is 1. The maximum Gasteiger partial charge on any atom is 0.0263 e. The third kappa shape index (κ3) is 1.87. The second-order valence-corrected chi connectivity index (χ2v) is 4.50. The number of nitrogens with two attached hydrogens (primary N) is 1. The van der Waals surface area contributed by atoms with Gasteiger partial charge in [-0.15, -0.1) is 0 Å². The molecule has 2 rings (SSSR count). The Morgan fingerprint density at radius 3 is 2.92 bits per heavy atom. The van der Waals surface area contributed by atoms with Gasteiger partial charge in [0.05, 0.1) is 0 Å². The highest BCUT2D eigenvalue weighted by Gasteiger charge is 2.33. The van der Waals surface area contributed by atoms with Gasteiger partial charge < -0.3 is 10.6 Å². The Morgan fingerprint density at radius 1 is 1.31 bits per heavy atom. The summed E-state index contributed by atoms with van der Waals surface area (Å²) in [5, 5.41) is 0. The molecule has 0 radical (unpaired) electrons. The molecular weight excluding hydrogens is 162 g/mol. The van der Waals surface area contributed by atoms with Crippen molar-refractivity contribution in [2.75, 3.05) is 39.8 Å². The van der Waals surface area contributed by atoms with Gasteiger partial charge in [0.25, 0.3) is 0 Å². The maximum absolute atomic E-state index is 5.81. The molecule has 3 heteroatoms. The maximum atomic E-state index is 5.81. The van der Waals surface area contributed by atoms with Crippen LogP contribution in [0.5, 0.6) is 0 Å². The number of rotatable bonds is 1. The fourth-order valence-corrected chi connectivity index (χ4v) is 2.74. The Balaban J connectivity index is 2.01. The lowest BCUT2D eigenvalue weighted by molar-refractivity contribution is 0.0268. The fraction of sp³-hybridized carbons (Fsp3) is 1.00. The third-order valence-electron chi connectivity index (χ3n) is 3.60. The molecule has 0 bridgehead atoms. The largest absolute Gasteiger partial charge is 0.330 e. The second-order valence-electron chi connectivity index (χ2n) is 4.50. The fourth-order valence-electron chi connectivity index (χ4n) is 2.74. The van der Waals surface area contributed by atoms with Crippen LogP contribution in [0.15, 0.2) is 0 Å². The summed E-state index contributed by atoms with van der Waals surface area (Å²) in [6, 6.07) is 0.748. The monoisotopic (exact) mass is 183 g/mol. The molecule has 2 atom stereocenters. The van der Waals surface area contributed by atoms with Gasteiger partial charge in [-0.05, 0) is 38.9 Å². The number of piperidine rings is 1. The molecule has 2 aliphatic rings. The minimum absolute atomic E-state index is 0.747. The first-order chi connectivity index (χ1) is 6.31. The van der Waals surface area contributed by atoms with Crippen LogP contribution >= 0.6 is 0 Å². The van der Waals surface area contributed by atoms with Crippen LogP contribution in [0.1, 0.15) is 12.8 Å².